The molecule has 8 nitrogen and oxygen atoms in total. The molecule has 2 aromatic rings. The average Bonchev–Trinajstić information content (AvgIpc) is 3.02. The molecule has 9 heteroatoms. The number of carbonyl (C=O) groups excluding carboxylic acids is 1. The van der Waals surface area contributed by atoms with Crippen LogP contribution >= 0.6 is 0 Å². The average molecular weight is 659 g/mol. The van der Waals surface area contributed by atoms with Crippen LogP contribution in [0.4, 0.5) is 0 Å². The lowest BCUT2D eigenvalue weighted by molar-refractivity contribution is -0.166. The number of ether oxygens (including phenoxy) is 5. The van der Waals surface area contributed by atoms with Gasteiger partial charge in [-0.05, 0) is 75.0 Å². The summed E-state index contributed by atoms with van der Waals surface area (Å²) in [6.45, 7) is 18.0. The number of hydrogen-bond donors (Lipinski definition) is 1. The van der Waals surface area contributed by atoms with E-state index in [1.165, 1.54) is 0 Å². The van der Waals surface area contributed by atoms with Crippen molar-refractivity contribution in [2.75, 3.05) is 27.1 Å². The number of carbonyl (C=O) groups is 1. The first kappa shape index (κ1) is 39.6. The molecule has 2 rings (SSSR count). The Labute approximate surface area is 278 Å². The highest BCUT2D eigenvalue weighted by Gasteiger charge is 2.37. The molecular weight excluding hydrogens is 600 g/mol. The van der Waals surface area contributed by atoms with Crippen molar-refractivity contribution in [1.29, 1.82) is 0 Å². The van der Waals surface area contributed by atoms with Crippen LogP contribution in [0.2, 0.25) is 18.1 Å². The van der Waals surface area contributed by atoms with E-state index in [1.54, 1.807) is 7.11 Å². The van der Waals surface area contributed by atoms with E-state index in [2.05, 4.69) is 33.9 Å². The van der Waals surface area contributed by atoms with E-state index in [-0.39, 0.29) is 30.5 Å². The Bertz CT molecular complexity index is 1160. The number of hydrogen-bond acceptors (Lipinski definition) is 8. The third kappa shape index (κ3) is 14.1. The predicted molar refractivity (Wildman–Crippen MR) is 185 cm³/mol. The first-order valence-electron chi connectivity index (χ1n) is 16.3. The lowest BCUT2D eigenvalue weighted by Crippen LogP contribution is -2.40. The second kappa shape index (κ2) is 19.3. The van der Waals surface area contributed by atoms with Gasteiger partial charge in [-0.3, -0.25) is 4.79 Å². The molecule has 0 heterocycles. The van der Waals surface area contributed by atoms with Gasteiger partial charge in [0.2, 0.25) is 0 Å². The van der Waals surface area contributed by atoms with E-state index in [0.29, 0.717) is 39.1 Å². The summed E-state index contributed by atoms with van der Waals surface area (Å²) in [6, 6.07) is 17.6. The summed E-state index contributed by atoms with van der Waals surface area (Å²) >= 11 is 0. The first-order chi connectivity index (χ1) is 21.7. The third-order valence-electron chi connectivity index (χ3n) is 8.53. The Morgan fingerprint density at radius 1 is 0.935 bits per heavy atom. The van der Waals surface area contributed by atoms with Gasteiger partial charge in [0.05, 0.1) is 44.6 Å². The fourth-order valence-corrected chi connectivity index (χ4v) is 5.25. The maximum atomic E-state index is 13.5. The van der Waals surface area contributed by atoms with Gasteiger partial charge in [0.1, 0.15) is 18.6 Å². The maximum Gasteiger partial charge on any atom is 0.315 e. The molecule has 0 bridgehead atoms. The Hall–Kier alpha value is -2.53. The van der Waals surface area contributed by atoms with Gasteiger partial charge in [0.25, 0.3) is 0 Å². The van der Waals surface area contributed by atoms with Crippen molar-refractivity contribution in [3.63, 3.8) is 0 Å². The van der Waals surface area contributed by atoms with E-state index in [1.807, 2.05) is 87.5 Å². The topological polar surface area (TPSA) is 92.7 Å². The van der Waals surface area contributed by atoms with Crippen LogP contribution in [0.3, 0.4) is 0 Å². The Morgan fingerprint density at radius 2 is 1.59 bits per heavy atom. The van der Waals surface area contributed by atoms with Crippen molar-refractivity contribution in [3.05, 3.63) is 77.9 Å². The summed E-state index contributed by atoms with van der Waals surface area (Å²) in [5, 5.41) is 9.71. The zero-order valence-corrected chi connectivity index (χ0v) is 30.5. The molecule has 3 unspecified atom stereocenters. The van der Waals surface area contributed by atoms with Crippen LogP contribution < -0.4 is 4.74 Å². The normalized spacial score (nSPS) is 14.7. The quantitative estimate of drug-likeness (QED) is 0.0477. The van der Waals surface area contributed by atoms with Crippen LogP contribution in [0, 0.1) is 5.41 Å². The number of methoxy groups -OCH3 is 1. The molecule has 0 aliphatic heterocycles. The second-order valence-corrected chi connectivity index (χ2v) is 18.7. The highest BCUT2D eigenvalue weighted by molar-refractivity contribution is 6.74. The molecule has 0 radical (unpaired) electrons. The summed E-state index contributed by atoms with van der Waals surface area (Å²) in [5.74, 6) is 0.430. The minimum Gasteiger partial charge on any atom is -0.497 e. The fraction of sp³-hybridized carbons (Fsp3) is 0.595. The zero-order chi connectivity index (χ0) is 34.2. The molecule has 0 aromatic heterocycles. The van der Waals surface area contributed by atoms with Gasteiger partial charge in [-0.1, -0.05) is 75.4 Å². The monoisotopic (exact) mass is 658 g/mol. The molecule has 0 aliphatic rings. The Kier molecular flexibility index (Phi) is 16.7. The molecule has 0 fully saturated rings. The highest BCUT2D eigenvalue weighted by Crippen LogP contribution is 2.36. The molecule has 258 valence electrons. The minimum absolute atomic E-state index is 0.00110. The molecule has 46 heavy (non-hydrogen) atoms. The summed E-state index contributed by atoms with van der Waals surface area (Å²) in [5.41, 5.74) is 1.18. The van der Waals surface area contributed by atoms with Gasteiger partial charge >= 0.3 is 5.97 Å². The van der Waals surface area contributed by atoms with Crippen LogP contribution in [0.5, 0.6) is 5.75 Å². The lowest BCUT2D eigenvalue weighted by atomic mass is 9.93. The Balaban J connectivity index is 2.09. The van der Waals surface area contributed by atoms with Crippen molar-refractivity contribution in [2.24, 2.45) is 5.41 Å². The van der Waals surface area contributed by atoms with Gasteiger partial charge in [-0.25, -0.2) is 0 Å². The van der Waals surface area contributed by atoms with E-state index < -0.39 is 25.9 Å². The van der Waals surface area contributed by atoms with E-state index >= 15 is 0 Å². The number of esters is 1. The van der Waals surface area contributed by atoms with Gasteiger partial charge in [0.15, 0.2) is 8.32 Å². The largest absolute Gasteiger partial charge is 0.497 e. The van der Waals surface area contributed by atoms with E-state index in [0.717, 1.165) is 16.9 Å². The predicted octanol–water partition coefficient (Wildman–Crippen LogP) is 7.84. The molecule has 0 saturated carbocycles. The van der Waals surface area contributed by atoms with Crippen molar-refractivity contribution < 1.29 is 38.0 Å². The molecule has 0 amide bonds. The van der Waals surface area contributed by atoms with Crippen LogP contribution in [0.15, 0.2) is 66.7 Å². The van der Waals surface area contributed by atoms with Gasteiger partial charge in [0, 0.05) is 13.0 Å². The number of aliphatic hydroxyl groups excluding tert-OH is 1. The van der Waals surface area contributed by atoms with Crippen molar-refractivity contribution >= 4 is 14.3 Å². The smallest absolute Gasteiger partial charge is 0.315 e. The van der Waals surface area contributed by atoms with Gasteiger partial charge in [-0.15, -0.1) is 0 Å². The van der Waals surface area contributed by atoms with Crippen LogP contribution in [0.25, 0.3) is 0 Å². The standard InChI is InChI=1S/C37H58O8Si/c1-29(43-28-41-26-30-15-11-10-12-16-30)34(42-27-31-18-20-32(40-7)21-19-31)25-33(17-13-23-38)45-35(39)37(5,6)22-14-24-44-46(8,9)36(2,3)4/h10-12,14-16,18-22,29,33-34,38H,13,17,23-28H2,1-9H3. The maximum absolute atomic E-state index is 13.5. The summed E-state index contributed by atoms with van der Waals surface area (Å²) in [6.07, 6.45) is 3.92. The lowest BCUT2D eigenvalue weighted by Gasteiger charge is -2.35. The molecule has 0 spiro atoms. The second-order valence-electron chi connectivity index (χ2n) is 13.8. The van der Waals surface area contributed by atoms with Crippen LogP contribution in [-0.2, 0) is 41.4 Å². The molecule has 0 aliphatic carbocycles. The fourth-order valence-electron chi connectivity index (χ4n) is 4.31. The number of aliphatic hydroxyl groups is 1. The number of benzene rings is 2. The molecule has 1 N–H and O–H groups in total. The van der Waals surface area contributed by atoms with Crippen LogP contribution in [0.1, 0.15) is 71.9 Å². The van der Waals surface area contributed by atoms with E-state index in [9.17, 15) is 9.90 Å². The van der Waals surface area contributed by atoms with Crippen LogP contribution in [-0.4, -0.2) is 64.8 Å². The van der Waals surface area contributed by atoms with Crippen molar-refractivity contribution in [1.82, 2.24) is 0 Å². The van der Waals surface area contributed by atoms with E-state index in [4.69, 9.17) is 28.1 Å². The zero-order valence-electron chi connectivity index (χ0n) is 29.5. The first-order valence-corrected chi connectivity index (χ1v) is 19.2. The SMILES string of the molecule is COc1ccc(COC(CC(CCCO)OC(=O)C(C)(C)C=CCO[Si](C)(C)C(C)(C)C)C(C)OCOCc2ccccc2)cc1. The summed E-state index contributed by atoms with van der Waals surface area (Å²) < 4.78 is 35.9. The summed E-state index contributed by atoms with van der Waals surface area (Å²) in [7, 11) is -0.265. The minimum atomic E-state index is -1.90. The number of rotatable bonds is 21. The van der Waals surface area contributed by atoms with Crippen molar-refractivity contribution in [2.45, 2.75) is 110 Å². The Morgan fingerprint density at radius 3 is 2.20 bits per heavy atom. The third-order valence-corrected chi connectivity index (χ3v) is 13.0. The molecular formula is C37H58O8Si. The summed E-state index contributed by atoms with van der Waals surface area (Å²) in [4.78, 5) is 13.5. The highest BCUT2D eigenvalue weighted by atomic mass is 28.4. The van der Waals surface area contributed by atoms with Gasteiger partial charge < -0.3 is 33.2 Å². The molecule has 2 aromatic carbocycles. The molecule has 0 saturated heterocycles. The van der Waals surface area contributed by atoms with Crippen molar-refractivity contribution in [3.8, 4) is 5.75 Å². The van der Waals surface area contributed by atoms with Gasteiger partial charge in [-0.2, -0.15) is 0 Å². The molecule has 3 atom stereocenters.